The average Bonchev–Trinajstić information content (AvgIpc) is 3.41. The minimum absolute atomic E-state index is 0.00974. The molecule has 3 N–H and O–H groups in total. The van der Waals surface area contributed by atoms with Crippen molar-refractivity contribution in [2.75, 3.05) is 13.7 Å². The lowest BCUT2D eigenvalue weighted by molar-refractivity contribution is -0.139. The zero-order valence-electron chi connectivity index (χ0n) is 20.0. The van der Waals surface area contributed by atoms with Crippen LogP contribution in [0.15, 0.2) is 78.5 Å². The standard InChI is InChI=1S/C29H26N2O5/c1-17-7-9-18(10-8-17)27(33)25-26(19-11-12-23(32)24(15-19)36-2)31(29(35)28(25)34)14-13-20-16-30-22-6-4-3-5-21(20)22/h3-12,15-16,26,30,32-33H,13-14H2,1-2H3/b27-25-. The van der Waals surface area contributed by atoms with Crippen molar-refractivity contribution in [1.82, 2.24) is 9.88 Å². The summed E-state index contributed by atoms with van der Waals surface area (Å²) < 4.78 is 5.27. The summed E-state index contributed by atoms with van der Waals surface area (Å²) in [7, 11) is 1.43. The van der Waals surface area contributed by atoms with Gasteiger partial charge < -0.3 is 24.8 Å². The Morgan fingerprint density at radius 3 is 2.56 bits per heavy atom. The van der Waals surface area contributed by atoms with Gasteiger partial charge in [0.2, 0.25) is 0 Å². The van der Waals surface area contributed by atoms with Gasteiger partial charge in [0, 0.05) is 29.2 Å². The minimum Gasteiger partial charge on any atom is -0.507 e. The van der Waals surface area contributed by atoms with Crippen LogP contribution in [0.1, 0.15) is 28.3 Å². The number of fused-ring (bicyclic) bond motifs is 1. The number of aryl methyl sites for hydroxylation is 1. The third-order valence-electron chi connectivity index (χ3n) is 6.68. The summed E-state index contributed by atoms with van der Waals surface area (Å²) in [5.74, 6) is -1.51. The maximum Gasteiger partial charge on any atom is 0.295 e. The lowest BCUT2D eigenvalue weighted by atomic mass is 9.94. The number of para-hydroxylation sites is 1. The monoisotopic (exact) mass is 482 g/mol. The van der Waals surface area contributed by atoms with Crippen molar-refractivity contribution in [2.45, 2.75) is 19.4 Å². The van der Waals surface area contributed by atoms with Gasteiger partial charge >= 0.3 is 0 Å². The summed E-state index contributed by atoms with van der Waals surface area (Å²) in [6.45, 7) is 2.18. The van der Waals surface area contributed by atoms with Crippen LogP contribution in [0, 0.1) is 6.92 Å². The second-order valence-electron chi connectivity index (χ2n) is 8.90. The van der Waals surface area contributed by atoms with E-state index < -0.39 is 17.7 Å². The van der Waals surface area contributed by atoms with E-state index in [2.05, 4.69) is 4.98 Å². The highest BCUT2D eigenvalue weighted by molar-refractivity contribution is 6.46. The van der Waals surface area contributed by atoms with Crippen LogP contribution < -0.4 is 4.74 Å². The Kier molecular flexibility index (Phi) is 5.98. The number of aromatic nitrogens is 1. The number of aliphatic hydroxyl groups excluding tert-OH is 1. The maximum absolute atomic E-state index is 13.3. The molecule has 0 bridgehead atoms. The van der Waals surface area contributed by atoms with Crippen molar-refractivity contribution in [3.05, 3.63) is 101 Å². The highest BCUT2D eigenvalue weighted by atomic mass is 16.5. The normalized spacial score (nSPS) is 17.2. The van der Waals surface area contributed by atoms with Crippen LogP contribution in [0.3, 0.4) is 0 Å². The number of methoxy groups -OCH3 is 1. The van der Waals surface area contributed by atoms with Crippen LogP contribution in [-0.4, -0.2) is 45.4 Å². The Morgan fingerprint density at radius 2 is 1.81 bits per heavy atom. The smallest absolute Gasteiger partial charge is 0.295 e. The molecule has 7 heteroatoms. The number of likely N-dealkylation sites (tertiary alicyclic amines) is 1. The maximum atomic E-state index is 13.3. The van der Waals surface area contributed by atoms with Gasteiger partial charge in [0.15, 0.2) is 11.5 Å². The molecule has 1 unspecified atom stereocenters. The predicted molar refractivity (Wildman–Crippen MR) is 137 cm³/mol. The summed E-state index contributed by atoms with van der Waals surface area (Å²) >= 11 is 0. The number of Topliss-reactive ketones (excluding diaryl/α,β-unsaturated/α-hetero) is 1. The number of rotatable bonds is 6. The summed E-state index contributed by atoms with van der Waals surface area (Å²) in [6.07, 6.45) is 2.42. The average molecular weight is 483 g/mol. The molecule has 0 spiro atoms. The Labute approximate surface area is 208 Å². The van der Waals surface area contributed by atoms with Crippen LogP contribution in [0.5, 0.6) is 11.5 Å². The van der Waals surface area contributed by atoms with E-state index in [1.54, 1.807) is 24.3 Å². The summed E-state index contributed by atoms with van der Waals surface area (Å²) in [5.41, 5.74) is 4.03. The molecule has 1 fully saturated rings. The number of hydrogen-bond acceptors (Lipinski definition) is 5. The number of amides is 1. The highest BCUT2D eigenvalue weighted by Crippen LogP contribution is 2.42. The van der Waals surface area contributed by atoms with Crippen molar-refractivity contribution in [1.29, 1.82) is 0 Å². The van der Waals surface area contributed by atoms with Gasteiger partial charge in [0.25, 0.3) is 11.7 Å². The zero-order valence-corrected chi connectivity index (χ0v) is 20.0. The highest BCUT2D eigenvalue weighted by Gasteiger charge is 2.46. The van der Waals surface area contributed by atoms with Gasteiger partial charge in [-0.3, -0.25) is 9.59 Å². The van der Waals surface area contributed by atoms with Crippen molar-refractivity contribution >= 4 is 28.4 Å². The molecule has 5 rings (SSSR count). The van der Waals surface area contributed by atoms with E-state index in [-0.39, 0.29) is 29.4 Å². The number of nitrogens with one attached hydrogen (secondary N) is 1. The van der Waals surface area contributed by atoms with E-state index in [0.717, 1.165) is 22.0 Å². The molecule has 1 aliphatic heterocycles. The molecule has 2 heterocycles. The van der Waals surface area contributed by atoms with Crippen LogP contribution in [0.25, 0.3) is 16.7 Å². The molecule has 4 aromatic rings. The summed E-state index contributed by atoms with van der Waals surface area (Å²) in [5, 5.41) is 22.4. The number of ketones is 1. The molecule has 1 atom stereocenters. The van der Waals surface area contributed by atoms with Crippen LogP contribution in [-0.2, 0) is 16.0 Å². The molecule has 7 nitrogen and oxygen atoms in total. The molecule has 3 aromatic carbocycles. The number of benzene rings is 3. The molecule has 0 saturated carbocycles. The molecule has 1 saturated heterocycles. The third-order valence-corrected chi connectivity index (χ3v) is 6.68. The van der Waals surface area contributed by atoms with Gasteiger partial charge in [-0.15, -0.1) is 0 Å². The first kappa shape index (κ1) is 23.2. The number of aliphatic hydroxyl groups is 1. The Hall–Kier alpha value is -4.52. The van der Waals surface area contributed by atoms with E-state index in [0.29, 0.717) is 17.5 Å². The third kappa shape index (κ3) is 3.98. The Balaban J connectivity index is 1.59. The van der Waals surface area contributed by atoms with Gasteiger partial charge in [0.1, 0.15) is 5.76 Å². The number of ether oxygens (including phenoxy) is 1. The number of carbonyl (C=O) groups is 2. The zero-order chi connectivity index (χ0) is 25.4. The van der Waals surface area contributed by atoms with E-state index in [9.17, 15) is 19.8 Å². The number of nitrogens with zero attached hydrogens (tertiary/aromatic N) is 1. The molecule has 0 aliphatic carbocycles. The number of phenols is 1. The second kappa shape index (κ2) is 9.26. The van der Waals surface area contributed by atoms with E-state index >= 15 is 0 Å². The molecule has 0 radical (unpaired) electrons. The fourth-order valence-corrected chi connectivity index (χ4v) is 4.77. The Morgan fingerprint density at radius 1 is 1.06 bits per heavy atom. The van der Waals surface area contributed by atoms with E-state index in [1.165, 1.54) is 18.1 Å². The van der Waals surface area contributed by atoms with Gasteiger partial charge in [0.05, 0.1) is 18.7 Å². The SMILES string of the molecule is COc1cc(C2/C(=C(/O)c3ccc(C)cc3)C(=O)C(=O)N2CCc2c[nH]c3ccccc23)ccc1O. The quantitative estimate of drug-likeness (QED) is 0.207. The fraction of sp³-hybridized carbons (Fsp3) is 0.172. The lowest BCUT2D eigenvalue weighted by Gasteiger charge is -2.25. The van der Waals surface area contributed by atoms with Gasteiger partial charge in [-0.25, -0.2) is 0 Å². The Bertz CT molecular complexity index is 1500. The molecular formula is C29H26N2O5. The minimum atomic E-state index is -0.842. The van der Waals surface area contributed by atoms with Crippen molar-refractivity contribution in [2.24, 2.45) is 0 Å². The first-order valence-electron chi connectivity index (χ1n) is 11.7. The number of H-pyrrole nitrogens is 1. The van der Waals surface area contributed by atoms with Crippen molar-refractivity contribution in [3.63, 3.8) is 0 Å². The number of aromatic amines is 1. The second-order valence-corrected chi connectivity index (χ2v) is 8.90. The molecular weight excluding hydrogens is 456 g/mol. The molecule has 36 heavy (non-hydrogen) atoms. The van der Waals surface area contributed by atoms with Crippen LogP contribution in [0.2, 0.25) is 0 Å². The molecule has 182 valence electrons. The van der Waals surface area contributed by atoms with E-state index in [4.69, 9.17) is 4.74 Å². The fourth-order valence-electron chi connectivity index (χ4n) is 4.77. The van der Waals surface area contributed by atoms with Gasteiger partial charge in [-0.2, -0.15) is 0 Å². The molecule has 1 aromatic heterocycles. The first-order chi connectivity index (χ1) is 17.4. The first-order valence-corrected chi connectivity index (χ1v) is 11.7. The largest absolute Gasteiger partial charge is 0.507 e. The van der Waals surface area contributed by atoms with Gasteiger partial charge in [-0.1, -0.05) is 54.1 Å². The number of hydrogen-bond donors (Lipinski definition) is 3. The summed E-state index contributed by atoms with van der Waals surface area (Å²) in [4.78, 5) is 31.3. The number of aromatic hydroxyl groups is 1. The van der Waals surface area contributed by atoms with Gasteiger partial charge in [-0.05, 0) is 42.7 Å². The lowest BCUT2D eigenvalue weighted by Crippen LogP contribution is -2.31. The summed E-state index contributed by atoms with van der Waals surface area (Å²) in [6, 6.07) is 18.8. The topological polar surface area (TPSA) is 103 Å². The van der Waals surface area contributed by atoms with E-state index in [1.807, 2.05) is 49.5 Å². The van der Waals surface area contributed by atoms with Crippen molar-refractivity contribution in [3.8, 4) is 11.5 Å². The van der Waals surface area contributed by atoms with Crippen LogP contribution >= 0.6 is 0 Å². The van der Waals surface area contributed by atoms with Crippen molar-refractivity contribution < 1.29 is 24.5 Å². The number of carbonyl (C=O) groups excluding carboxylic acids is 2. The predicted octanol–water partition coefficient (Wildman–Crippen LogP) is 4.85. The molecule has 1 amide bonds. The number of phenolic OH excluding ortho intramolecular Hbond substituents is 1. The molecule has 1 aliphatic rings. The van der Waals surface area contributed by atoms with Crippen LogP contribution in [0.4, 0.5) is 0 Å².